The first-order valence-corrected chi connectivity index (χ1v) is 24.5. The summed E-state index contributed by atoms with van der Waals surface area (Å²) in [5.41, 5.74) is -7.52. The average Bonchev–Trinajstić information content (AvgIpc) is 3.35. The third-order valence-electron chi connectivity index (χ3n) is 9.17. The molecule has 7 rings (SSSR count). The first-order chi connectivity index (χ1) is 35.3. The second-order valence-corrected chi connectivity index (χ2v) is 19.0. The minimum atomic E-state index is -5.27. The first kappa shape index (κ1) is 54.1. The molecule has 0 unspecified atom stereocenters. The molecule has 0 N–H and O–H groups in total. The fraction of sp³-hybridized carbons (Fsp3) is 0.0667. The average molecular weight is 1110 g/mol. The summed E-state index contributed by atoms with van der Waals surface area (Å²) in [7, 11) is -14.4. The molecule has 0 bridgehead atoms. The highest BCUT2D eigenvalue weighted by atomic mass is 32.2. The van der Waals surface area contributed by atoms with Crippen molar-refractivity contribution in [2.45, 2.75) is 33.2 Å². The fourth-order valence-corrected chi connectivity index (χ4v) is 8.02. The van der Waals surface area contributed by atoms with Gasteiger partial charge in [0.05, 0.1) is 0 Å². The maximum atomic E-state index is 14.1. The van der Waals surface area contributed by atoms with E-state index in [1.54, 1.807) is 0 Å². The Morgan fingerprint density at radius 1 is 0.333 bits per heavy atom. The molecule has 390 valence electrons. The molecular formula is C45H27F9N6O12S3. The van der Waals surface area contributed by atoms with Crippen LogP contribution in [0, 0.1) is 0 Å². The summed E-state index contributed by atoms with van der Waals surface area (Å²) in [4.78, 5) is 10.3. The van der Waals surface area contributed by atoms with E-state index in [-0.39, 0.29) is 17.2 Å². The van der Waals surface area contributed by atoms with Crippen molar-refractivity contribution in [1.82, 2.24) is 15.0 Å². The highest BCUT2D eigenvalue weighted by Crippen LogP contribution is 2.32. The van der Waals surface area contributed by atoms with Crippen LogP contribution < -0.4 is 14.2 Å². The predicted molar refractivity (Wildman–Crippen MR) is 241 cm³/mol. The molecule has 30 heteroatoms. The molecule has 7 aromatic rings. The largest absolute Gasteiger partial charge is 0.437 e. The molecule has 0 atom stereocenters. The van der Waals surface area contributed by atoms with Crippen LogP contribution in [-0.4, -0.2) is 75.9 Å². The number of rotatable bonds is 18. The van der Waals surface area contributed by atoms with E-state index in [1.807, 2.05) is 0 Å². The monoisotopic (exact) mass is 1110 g/mol. The first-order valence-electron chi connectivity index (χ1n) is 20.3. The Bertz CT molecular complexity index is 3190. The Hall–Kier alpha value is -8.64. The lowest BCUT2D eigenvalue weighted by Gasteiger charge is -2.13. The molecule has 0 fully saturated rings. The lowest BCUT2D eigenvalue weighted by Crippen LogP contribution is -2.25. The lowest BCUT2D eigenvalue weighted by molar-refractivity contribution is -0.0606. The summed E-state index contributed by atoms with van der Waals surface area (Å²) >= 11 is 0. The van der Waals surface area contributed by atoms with Gasteiger partial charge in [0.2, 0.25) is 0 Å². The minimum absolute atomic E-state index is 0.319. The number of hydrogen-bond donors (Lipinski definition) is 0. The molecule has 6 aromatic carbocycles. The second-order valence-electron chi connectivity index (χ2n) is 14.4. The molecule has 0 spiro atoms. The van der Waals surface area contributed by atoms with Crippen molar-refractivity contribution in [2.24, 2.45) is 15.5 Å². The fourth-order valence-electron chi connectivity index (χ4n) is 5.77. The highest BCUT2D eigenvalue weighted by Gasteiger charge is 2.41. The molecule has 75 heavy (non-hydrogen) atoms. The van der Waals surface area contributed by atoms with Crippen LogP contribution in [0.1, 0.15) is 16.7 Å². The van der Waals surface area contributed by atoms with Gasteiger partial charge in [0.25, 0.3) is 0 Å². The smallest absolute Gasteiger partial charge is 0.424 e. The van der Waals surface area contributed by atoms with Crippen LogP contribution in [-0.2, 0) is 43.2 Å². The zero-order valence-electron chi connectivity index (χ0n) is 36.8. The second kappa shape index (κ2) is 21.8. The van der Waals surface area contributed by atoms with Crippen LogP contribution in [0.4, 0.5) is 39.5 Å². The van der Waals surface area contributed by atoms with Crippen LogP contribution >= 0.6 is 0 Å². The molecule has 0 aliphatic carbocycles. The predicted octanol–water partition coefficient (Wildman–Crippen LogP) is 10.3. The topological polar surface area (TPSA) is 234 Å². The van der Waals surface area contributed by atoms with Crippen LogP contribution in [0.5, 0.6) is 35.3 Å². The molecule has 1 heterocycles. The standard InChI is InChI=1S/C45H27F9N6O12S3/c46-43(47,48)37(58-70-73(61,62)34-10-4-1-5-11-34)28-16-22-31(23-17-28)67-40-55-41(68-32-24-18-29(19-25-32)38(44(49,50)51)59-71-74(63,64)35-12-6-2-7-13-35)57-42(56-40)69-33-26-20-30(21-27-33)39(45(52,53)54)60-72-75(65,66)36-14-8-3-9-15-36/h1-27H/b58-37-,59-38-,60-39-. The SMILES string of the molecule is O=S(=O)(O/N=C(/c1ccc(Oc2nc(Oc3ccc(/C(=N/OS(=O)(=O)c4ccccc4)C(F)(F)F)cc3)nc(Oc3ccc(/C(=N/OS(=O)(=O)c4ccccc4)C(F)(F)F)cc3)n2)cc1)C(F)(F)F)c1ccccc1. The van der Waals surface area contributed by atoms with Crippen molar-refractivity contribution in [3.05, 3.63) is 180 Å². The molecular weight excluding hydrogens is 1080 g/mol. The maximum absolute atomic E-state index is 14.1. The van der Waals surface area contributed by atoms with Crippen molar-refractivity contribution in [3.63, 3.8) is 0 Å². The number of oxime groups is 3. The van der Waals surface area contributed by atoms with Gasteiger partial charge in [0.1, 0.15) is 31.9 Å². The summed E-state index contributed by atoms with van der Waals surface area (Å²) in [5.74, 6) is -0.956. The van der Waals surface area contributed by atoms with E-state index in [0.29, 0.717) is 0 Å². The van der Waals surface area contributed by atoms with Crippen LogP contribution in [0.3, 0.4) is 0 Å². The summed E-state index contributed by atoms with van der Waals surface area (Å²) in [6.07, 6.45) is -15.8. The van der Waals surface area contributed by atoms with E-state index >= 15 is 0 Å². The van der Waals surface area contributed by atoms with Gasteiger partial charge in [-0.25, -0.2) is 0 Å². The number of halogens is 9. The van der Waals surface area contributed by atoms with Gasteiger partial charge in [-0.1, -0.05) is 70.1 Å². The molecule has 0 amide bonds. The quantitative estimate of drug-likeness (QED) is 0.0442. The normalized spacial score (nSPS) is 13.2. The van der Waals surface area contributed by atoms with Crippen molar-refractivity contribution in [1.29, 1.82) is 0 Å². The molecule has 1 aromatic heterocycles. The Balaban J connectivity index is 1.18. The van der Waals surface area contributed by atoms with Crippen LogP contribution in [0.25, 0.3) is 0 Å². The molecule has 0 saturated heterocycles. The van der Waals surface area contributed by atoms with Gasteiger partial charge in [-0.05, 0) is 109 Å². The molecule has 0 aliphatic heterocycles. The zero-order chi connectivity index (χ0) is 54.2. The third-order valence-corrected chi connectivity index (χ3v) is 12.5. The number of ether oxygens (including phenoxy) is 3. The Morgan fingerprint density at radius 3 is 0.747 bits per heavy atom. The maximum Gasteiger partial charge on any atom is 0.437 e. The Morgan fingerprint density at radius 2 is 0.547 bits per heavy atom. The van der Waals surface area contributed by atoms with E-state index in [4.69, 9.17) is 14.2 Å². The highest BCUT2D eigenvalue weighted by molar-refractivity contribution is 7.87. The van der Waals surface area contributed by atoms with Gasteiger partial charge >= 0.3 is 66.9 Å². The van der Waals surface area contributed by atoms with Crippen molar-refractivity contribution >= 4 is 47.5 Å². The van der Waals surface area contributed by atoms with E-state index in [9.17, 15) is 64.8 Å². The molecule has 0 aliphatic rings. The van der Waals surface area contributed by atoms with Crippen LogP contribution in [0.15, 0.2) is 194 Å². The molecule has 0 radical (unpaired) electrons. The van der Waals surface area contributed by atoms with Crippen molar-refractivity contribution < 1.29 is 91.8 Å². The molecule has 0 saturated carbocycles. The van der Waals surface area contributed by atoms with Gasteiger partial charge in [-0.15, -0.1) is 15.0 Å². The summed E-state index contributed by atoms with van der Waals surface area (Å²) < 4.78 is 232. The van der Waals surface area contributed by atoms with E-state index in [2.05, 4.69) is 43.3 Å². The van der Waals surface area contributed by atoms with E-state index in [1.165, 1.54) is 54.6 Å². The van der Waals surface area contributed by atoms with Crippen molar-refractivity contribution in [2.75, 3.05) is 0 Å². The lowest BCUT2D eigenvalue weighted by atomic mass is 10.1. The van der Waals surface area contributed by atoms with Gasteiger partial charge in [0, 0.05) is 16.7 Å². The van der Waals surface area contributed by atoms with Gasteiger partial charge < -0.3 is 14.2 Å². The Labute approximate surface area is 417 Å². The van der Waals surface area contributed by atoms with E-state index < -0.39 is 115 Å². The number of alkyl halides is 9. The Kier molecular flexibility index (Phi) is 15.8. The van der Waals surface area contributed by atoms with Crippen LogP contribution in [0.2, 0.25) is 0 Å². The minimum Gasteiger partial charge on any atom is -0.424 e. The van der Waals surface area contributed by atoms with Gasteiger partial charge in [0.15, 0.2) is 17.1 Å². The molecule has 18 nitrogen and oxygen atoms in total. The van der Waals surface area contributed by atoms with Crippen molar-refractivity contribution in [3.8, 4) is 35.3 Å². The summed E-state index contributed by atoms with van der Waals surface area (Å²) in [6, 6.07) is 26.5. The number of aromatic nitrogens is 3. The third kappa shape index (κ3) is 14.3. The van der Waals surface area contributed by atoms with E-state index in [0.717, 1.165) is 109 Å². The van der Waals surface area contributed by atoms with Gasteiger partial charge in [-0.3, -0.25) is 12.9 Å². The number of nitrogens with zero attached hydrogens (tertiary/aromatic N) is 6. The summed E-state index contributed by atoms with van der Waals surface area (Å²) in [6.45, 7) is 0. The summed E-state index contributed by atoms with van der Waals surface area (Å²) in [5, 5.41) is 8.57. The zero-order valence-corrected chi connectivity index (χ0v) is 39.2. The van der Waals surface area contributed by atoms with Gasteiger partial charge in [-0.2, -0.15) is 64.8 Å². The number of hydrogen-bond acceptors (Lipinski definition) is 18. The number of benzene rings is 6.